The van der Waals surface area contributed by atoms with E-state index < -0.39 is 5.97 Å². The summed E-state index contributed by atoms with van der Waals surface area (Å²) in [4.78, 5) is 10.4. The molecule has 0 aromatic rings. The Balaban J connectivity index is 3.54. The Morgan fingerprint density at radius 1 is 1.50 bits per heavy atom. The summed E-state index contributed by atoms with van der Waals surface area (Å²) in [6, 6.07) is 0. The van der Waals surface area contributed by atoms with Crippen LogP contribution in [-0.4, -0.2) is 11.1 Å². The molecule has 70 valence electrons. The van der Waals surface area contributed by atoms with Crippen LogP contribution in [0.1, 0.15) is 40.0 Å². The molecule has 0 radical (unpaired) electrons. The highest BCUT2D eigenvalue weighted by Gasteiger charge is 1.98. The second-order valence-corrected chi connectivity index (χ2v) is 3.52. The first-order chi connectivity index (χ1) is 5.54. The van der Waals surface area contributed by atoms with Crippen molar-refractivity contribution in [3.63, 3.8) is 0 Å². The van der Waals surface area contributed by atoms with Gasteiger partial charge < -0.3 is 5.11 Å². The van der Waals surface area contributed by atoms with Crippen LogP contribution in [0.25, 0.3) is 0 Å². The SMILES string of the molecule is C/C(=C/CCCC(C)C)C(=O)O. The van der Waals surface area contributed by atoms with E-state index in [0.717, 1.165) is 12.8 Å². The Morgan fingerprint density at radius 2 is 2.08 bits per heavy atom. The maximum absolute atomic E-state index is 10.4. The van der Waals surface area contributed by atoms with Gasteiger partial charge in [0.2, 0.25) is 0 Å². The van der Waals surface area contributed by atoms with E-state index in [1.165, 1.54) is 6.42 Å². The molecule has 0 aromatic heterocycles. The number of hydrogen-bond donors (Lipinski definition) is 1. The van der Waals surface area contributed by atoms with Crippen molar-refractivity contribution in [2.45, 2.75) is 40.0 Å². The van der Waals surface area contributed by atoms with Gasteiger partial charge in [0.05, 0.1) is 0 Å². The number of carboxylic acid groups (broad SMARTS) is 1. The van der Waals surface area contributed by atoms with Gasteiger partial charge in [0.15, 0.2) is 0 Å². The lowest BCUT2D eigenvalue weighted by molar-refractivity contribution is -0.132. The van der Waals surface area contributed by atoms with E-state index in [9.17, 15) is 4.79 Å². The number of hydrogen-bond acceptors (Lipinski definition) is 1. The molecule has 0 aliphatic heterocycles. The summed E-state index contributed by atoms with van der Waals surface area (Å²) in [6.45, 7) is 5.99. The Labute approximate surface area is 74.3 Å². The highest BCUT2D eigenvalue weighted by molar-refractivity contribution is 5.85. The normalized spacial score (nSPS) is 12.2. The molecule has 12 heavy (non-hydrogen) atoms. The van der Waals surface area contributed by atoms with E-state index in [1.54, 1.807) is 13.0 Å². The van der Waals surface area contributed by atoms with Crippen LogP contribution >= 0.6 is 0 Å². The fraction of sp³-hybridized carbons (Fsp3) is 0.700. The fourth-order valence-corrected chi connectivity index (χ4v) is 0.932. The average Bonchev–Trinajstić information content (AvgIpc) is 1.97. The predicted octanol–water partition coefficient (Wildman–Crippen LogP) is 2.84. The van der Waals surface area contributed by atoms with Gasteiger partial charge in [-0.1, -0.05) is 26.3 Å². The molecule has 0 saturated carbocycles. The fourth-order valence-electron chi connectivity index (χ4n) is 0.932. The minimum absolute atomic E-state index is 0.457. The molecule has 0 amide bonds. The zero-order valence-electron chi connectivity index (χ0n) is 8.13. The minimum atomic E-state index is -0.806. The van der Waals surface area contributed by atoms with Crippen molar-refractivity contribution < 1.29 is 9.90 Å². The van der Waals surface area contributed by atoms with Gasteiger partial charge in [-0.2, -0.15) is 0 Å². The van der Waals surface area contributed by atoms with Crippen LogP contribution in [0.4, 0.5) is 0 Å². The molecule has 0 heterocycles. The molecule has 0 bridgehead atoms. The first-order valence-corrected chi connectivity index (χ1v) is 4.44. The number of unbranched alkanes of at least 4 members (excludes halogenated alkanes) is 1. The summed E-state index contributed by atoms with van der Waals surface area (Å²) in [5, 5.41) is 8.52. The van der Waals surface area contributed by atoms with Gasteiger partial charge in [0, 0.05) is 5.57 Å². The van der Waals surface area contributed by atoms with Gasteiger partial charge in [-0.25, -0.2) is 4.79 Å². The van der Waals surface area contributed by atoms with Crippen molar-refractivity contribution in [2.24, 2.45) is 5.92 Å². The smallest absolute Gasteiger partial charge is 0.330 e. The van der Waals surface area contributed by atoms with Gasteiger partial charge >= 0.3 is 5.97 Å². The molecule has 0 aliphatic rings. The van der Waals surface area contributed by atoms with Crippen molar-refractivity contribution in [1.82, 2.24) is 0 Å². The summed E-state index contributed by atoms with van der Waals surface area (Å²) in [7, 11) is 0. The van der Waals surface area contributed by atoms with Crippen LogP contribution < -0.4 is 0 Å². The molecule has 0 unspecified atom stereocenters. The molecule has 0 aromatic carbocycles. The van der Waals surface area contributed by atoms with Crippen LogP contribution in [0.2, 0.25) is 0 Å². The second-order valence-electron chi connectivity index (χ2n) is 3.52. The van der Waals surface area contributed by atoms with Crippen LogP contribution in [0.5, 0.6) is 0 Å². The number of carbonyl (C=O) groups is 1. The quantitative estimate of drug-likeness (QED) is 0.509. The first-order valence-electron chi connectivity index (χ1n) is 4.44. The van der Waals surface area contributed by atoms with Crippen molar-refractivity contribution in [2.75, 3.05) is 0 Å². The van der Waals surface area contributed by atoms with E-state index in [0.29, 0.717) is 11.5 Å². The van der Waals surface area contributed by atoms with Crippen molar-refractivity contribution in [3.8, 4) is 0 Å². The highest BCUT2D eigenvalue weighted by Crippen LogP contribution is 2.07. The Kier molecular flexibility index (Phi) is 5.43. The summed E-state index contributed by atoms with van der Waals surface area (Å²) < 4.78 is 0. The number of rotatable bonds is 5. The van der Waals surface area contributed by atoms with E-state index in [4.69, 9.17) is 5.11 Å². The van der Waals surface area contributed by atoms with Gasteiger partial charge in [-0.15, -0.1) is 0 Å². The molecule has 2 heteroatoms. The lowest BCUT2D eigenvalue weighted by atomic mass is 10.1. The molecule has 0 atom stereocenters. The molecule has 0 saturated heterocycles. The van der Waals surface area contributed by atoms with E-state index >= 15 is 0 Å². The third-order valence-corrected chi connectivity index (χ3v) is 1.77. The van der Waals surface area contributed by atoms with Crippen LogP contribution in [-0.2, 0) is 4.79 Å². The maximum Gasteiger partial charge on any atom is 0.330 e. The third-order valence-electron chi connectivity index (χ3n) is 1.77. The number of carboxylic acids is 1. The predicted molar refractivity (Wildman–Crippen MR) is 50.1 cm³/mol. The molecule has 0 aliphatic carbocycles. The van der Waals surface area contributed by atoms with Crippen LogP contribution in [0.3, 0.4) is 0 Å². The number of allylic oxidation sites excluding steroid dienone is 1. The summed E-state index contributed by atoms with van der Waals surface area (Å²) >= 11 is 0. The number of aliphatic carboxylic acids is 1. The zero-order chi connectivity index (χ0) is 9.56. The molecule has 0 rings (SSSR count). The Hall–Kier alpha value is -0.790. The Morgan fingerprint density at radius 3 is 2.50 bits per heavy atom. The molecule has 1 N–H and O–H groups in total. The second kappa shape index (κ2) is 5.81. The summed E-state index contributed by atoms with van der Waals surface area (Å²) in [5.74, 6) is -0.0944. The maximum atomic E-state index is 10.4. The van der Waals surface area contributed by atoms with Crippen LogP contribution in [0, 0.1) is 5.92 Å². The largest absolute Gasteiger partial charge is 0.478 e. The molecular weight excluding hydrogens is 152 g/mol. The monoisotopic (exact) mass is 170 g/mol. The van der Waals surface area contributed by atoms with Crippen LogP contribution in [0.15, 0.2) is 11.6 Å². The standard InChI is InChI=1S/C10H18O2/c1-8(2)6-4-5-7-9(3)10(11)12/h7-8H,4-6H2,1-3H3,(H,11,12)/b9-7-. The van der Waals surface area contributed by atoms with E-state index in [2.05, 4.69) is 13.8 Å². The van der Waals surface area contributed by atoms with Crippen molar-refractivity contribution in [1.29, 1.82) is 0 Å². The first kappa shape index (κ1) is 11.2. The summed E-state index contributed by atoms with van der Waals surface area (Å²) in [6.07, 6.45) is 4.94. The van der Waals surface area contributed by atoms with E-state index in [-0.39, 0.29) is 0 Å². The van der Waals surface area contributed by atoms with Crippen molar-refractivity contribution >= 4 is 5.97 Å². The van der Waals surface area contributed by atoms with Crippen molar-refractivity contribution in [3.05, 3.63) is 11.6 Å². The topological polar surface area (TPSA) is 37.3 Å². The molecule has 0 fully saturated rings. The minimum Gasteiger partial charge on any atom is -0.478 e. The molecule has 2 nitrogen and oxygen atoms in total. The van der Waals surface area contributed by atoms with Gasteiger partial charge in [-0.3, -0.25) is 0 Å². The van der Waals surface area contributed by atoms with Gasteiger partial charge in [-0.05, 0) is 25.7 Å². The lowest BCUT2D eigenvalue weighted by Crippen LogP contribution is -1.95. The lowest BCUT2D eigenvalue weighted by Gasteiger charge is -2.01. The molecule has 0 spiro atoms. The van der Waals surface area contributed by atoms with E-state index in [1.807, 2.05) is 0 Å². The zero-order valence-corrected chi connectivity index (χ0v) is 8.13. The Bertz CT molecular complexity index is 169. The third kappa shape index (κ3) is 5.96. The molecular formula is C10H18O2. The highest BCUT2D eigenvalue weighted by atomic mass is 16.4. The summed E-state index contributed by atoms with van der Waals surface area (Å²) in [5.41, 5.74) is 0.457. The van der Waals surface area contributed by atoms with Gasteiger partial charge in [0.1, 0.15) is 0 Å². The van der Waals surface area contributed by atoms with Gasteiger partial charge in [0.25, 0.3) is 0 Å². The average molecular weight is 170 g/mol.